The lowest BCUT2D eigenvalue weighted by atomic mass is 10.0. The Balaban J connectivity index is 2.04. The molecule has 1 fully saturated rings. The Labute approximate surface area is 131 Å². The summed E-state index contributed by atoms with van der Waals surface area (Å²) >= 11 is 1.77. The van der Waals surface area contributed by atoms with Gasteiger partial charge in [0, 0.05) is 23.4 Å². The average Bonchev–Trinajstić information content (AvgIpc) is 2.88. The summed E-state index contributed by atoms with van der Waals surface area (Å²) in [7, 11) is 3.75. The average molecular weight is 310 g/mol. The molecule has 5 heteroatoms. The number of hydrogen-bond acceptors (Lipinski definition) is 4. The molecular formula is C16H26N2O2S. The minimum absolute atomic E-state index is 0.0386. The van der Waals surface area contributed by atoms with Crippen LogP contribution in [0.4, 0.5) is 0 Å². The van der Waals surface area contributed by atoms with E-state index in [-0.39, 0.29) is 11.9 Å². The number of ether oxygens (including phenoxy) is 1. The molecule has 1 saturated heterocycles. The van der Waals surface area contributed by atoms with Gasteiger partial charge in [0.05, 0.1) is 19.2 Å². The van der Waals surface area contributed by atoms with Gasteiger partial charge in [0.2, 0.25) is 5.91 Å². The molecule has 0 aliphatic carbocycles. The molecule has 0 N–H and O–H groups in total. The zero-order valence-electron chi connectivity index (χ0n) is 13.3. The van der Waals surface area contributed by atoms with Gasteiger partial charge in [-0.15, -0.1) is 11.3 Å². The quantitative estimate of drug-likeness (QED) is 0.809. The molecule has 4 nitrogen and oxygen atoms in total. The second kappa shape index (κ2) is 7.92. The first kappa shape index (κ1) is 16.5. The zero-order chi connectivity index (χ0) is 15.2. The Morgan fingerprint density at radius 1 is 1.48 bits per heavy atom. The molecular weight excluding hydrogens is 284 g/mol. The lowest BCUT2D eigenvalue weighted by Gasteiger charge is -2.35. The van der Waals surface area contributed by atoms with Crippen LogP contribution in [-0.4, -0.2) is 55.6 Å². The van der Waals surface area contributed by atoms with Crippen molar-refractivity contribution in [3.8, 4) is 0 Å². The van der Waals surface area contributed by atoms with E-state index < -0.39 is 0 Å². The molecule has 0 radical (unpaired) electrons. The molecule has 0 unspecified atom stereocenters. The van der Waals surface area contributed by atoms with Gasteiger partial charge in [0.25, 0.3) is 0 Å². The monoisotopic (exact) mass is 310 g/mol. The van der Waals surface area contributed by atoms with Gasteiger partial charge in [0.1, 0.15) is 0 Å². The Morgan fingerprint density at radius 3 is 2.90 bits per heavy atom. The lowest BCUT2D eigenvalue weighted by Crippen LogP contribution is -2.49. The van der Waals surface area contributed by atoms with Crippen LogP contribution in [0.25, 0.3) is 0 Å². The van der Waals surface area contributed by atoms with Crippen molar-refractivity contribution in [2.75, 3.05) is 33.9 Å². The molecule has 118 valence electrons. The Kier molecular flexibility index (Phi) is 6.21. The van der Waals surface area contributed by atoms with Crippen molar-refractivity contribution in [2.45, 2.75) is 38.8 Å². The summed E-state index contributed by atoms with van der Waals surface area (Å²) in [5.74, 6) is 0.250. The van der Waals surface area contributed by atoms with Crippen LogP contribution in [0.5, 0.6) is 0 Å². The van der Waals surface area contributed by atoms with E-state index in [4.69, 9.17) is 4.74 Å². The fraction of sp³-hybridized carbons (Fsp3) is 0.688. The smallest absolute Gasteiger partial charge is 0.240 e. The molecule has 1 aromatic rings. The van der Waals surface area contributed by atoms with E-state index in [0.717, 1.165) is 19.4 Å². The predicted molar refractivity (Wildman–Crippen MR) is 86.6 cm³/mol. The number of nitrogens with zero attached hydrogens (tertiary/aromatic N) is 2. The molecule has 2 heterocycles. The third kappa shape index (κ3) is 4.53. The summed E-state index contributed by atoms with van der Waals surface area (Å²) in [5, 5.41) is 0. The Bertz CT molecular complexity index is 461. The SMILES string of the molecule is COCCN(Cc1ccc(C)s1)C(=O)[C@@H]1CCCCN1C. The number of carbonyl (C=O) groups is 1. The number of amides is 1. The first-order valence-electron chi connectivity index (χ1n) is 7.65. The van der Waals surface area contributed by atoms with Crippen LogP contribution in [0.15, 0.2) is 12.1 Å². The maximum Gasteiger partial charge on any atom is 0.240 e. The number of thiophene rings is 1. The number of rotatable bonds is 6. The fourth-order valence-electron chi connectivity index (χ4n) is 2.82. The molecule has 0 bridgehead atoms. The third-order valence-electron chi connectivity index (χ3n) is 4.08. The van der Waals surface area contributed by atoms with Crippen molar-refractivity contribution in [2.24, 2.45) is 0 Å². The molecule has 1 aliphatic rings. The molecule has 1 aromatic heterocycles. The molecule has 0 aromatic carbocycles. The molecule has 0 spiro atoms. The lowest BCUT2D eigenvalue weighted by molar-refractivity contribution is -0.138. The van der Waals surface area contributed by atoms with Gasteiger partial charge < -0.3 is 9.64 Å². The van der Waals surface area contributed by atoms with Gasteiger partial charge >= 0.3 is 0 Å². The Morgan fingerprint density at radius 2 is 2.29 bits per heavy atom. The fourth-order valence-corrected chi connectivity index (χ4v) is 3.73. The summed E-state index contributed by atoms with van der Waals surface area (Å²) < 4.78 is 5.18. The minimum Gasteiger partial charge on any atom is -0.383 e. The van der Waals surface area contributed by atoms with Crippen LogP contribution in [0.1, 0.15) is 29.0 Å². The van der Waals surface area contributed by atoms with E-state index in [0.29, 0.717) is 19.7 Å². The van der Waals surface area contributed by atoms with Crippen LogP contribution < -0.4 is 0 Å². The number of aryl methyl sites for hydroxylation is 1. The first-order valence-corrected chi connectivity index (χ1v) is 8.46. The van der Waals surface area contributed by atoms with Gasteiger partial charge in [-0.05, 0) is 45.5 Å². The number of hydrogen-bond donors (Lipinski definition) is 0. The van der Waals surface area contributed by atoms with Crippen molar-refractivity contribution in [3.63, 3.8) is 0 Å². The summed E-state index contributed by atoms with van der Waals surface area (Å²) in [4.78, 5) is 19.6. The summed E-state index contributed by atoms with van der Waals surface area (Å²) in [6.45, 7) is 5.07. The highest BCUT2D eigenvalue weighted by atomic mass is 32.1. The van der Waals surface area contributed by atoms with Crippen molar-refractivity contribution in [1.82, 2.24) is 9.80 Å². The highest BCUT2D eigenvalue weighted by Crippen LogP contribution is 2.21. The molecule has 21 heavy (non-hydrogen) atoms. The second-order valence-electron chi connectivity index (χ2n) is 5.76. The van der Waals surface area contributed by atoms with Crippen molar-refractivity contribution in [1.29, 1.82) is 0 Å². The van der Waals surface area contributed by atoms with E-state index in [1.807, 2.05) is 4.90 Å². The maximum atomic E-state index is 12.9. The van der Waals surface area contributed by atoms with Crippen LogP contribution in [-0.2, 0) is 16.1 Å². The third-order valence-corrected chi connectivity index (χ3v) is 5.06. The van der Waals surface area contributed by atoms with E-state index in [1.54, 1.807) is 18.4 Å². The summed E-state index contributed by atoms with van der Waals surface area (Å²) in [6, 6.07) is 4.28. The number of methoxy groups -OCH3 is 1. The second-order valence-corrected chi connectivity index (χ2v) is 7.13. The number of carbonyl (C=O) groups excluding carboxylic acids is 1. The van der Waals surface area contributed by atoms with E-state index >= 15 is 0 Å². The van der Waals surface area contributed by atoms with Crippen molar-refractivity contribution >= 4 is 17.2 Å². The number of likely N-dealkylation sites (tertiary alicyclic amines) is 1. The molecule has 1 atom stereocenters. The predicted octanol–water partition coefficient (Wildman–Crippen LogP) is 2.52. The van der Waals surface area contributed by atoms with Gasteiger partial charge in [-0.1, -0.05) is 6.42 Å². The van der Waals surface area contributed by atoms with Gasteiger partial charge in [-0.25, -0.2) is 0 Å². The molecule has 1 amide bonds. The molecule has 1 aliphatic heterocycles. The minimum atomic E-state index is 0.0386. The van der Waals surface area contributed by atoms with E-state index in [1.165, 1.54) is 16.2 Å². The topological polar surface area (TPSA) is 32.8 Å². The van der Waals surface area contributed by atoms with E-state index in [9.17, 15) is 4.79 Å². The first-order chi connectivity index (χ1) is 10.1. The van der Waals surface area contributed by atoms with Gasteiger partial charge in [-0.2, -0.15) is 0 Å². The maximum absolute atomic E-state index is 12.9. The van der Waals surface area contributed by atoms with Gasteiger partial charge in [-0.3, -0.25) is 9.69 Å². The summed E-state index contributed by atoms with van der Waals surface area (Å²) in [6.07, 6.45) is 3.32. The standard InChI is InChI=1S/C16H26N2O2S/c1-13-7-8-14(21-13)12-18(10-11-20-3)16(19)15-6-4-5-9-17(15)2/h7-8,15H,4-6,9-12H2,1-3H3/t15-/m0/s1. The van der Waals surface area contributed by atoms with Crippen molar-refractivity contribution < 1.29 is 9.53 Å². The van der Waals surface area contributed by atoms with Crippen LogP contribution in [0.3, 0.4) is 0 Å². The largest absolute Gasteiger partial charge is 0.383 e. The van der Waals surface area contributed by atoms with Crippen LogP contribution in [0.2, 0.25) is 0 Å². The highest BCUT2D eigenvalue weighted by Gasteiger charge is 2.29. The number of piperidine rings is 1. The number of likely N-dealkylation sites (N-methyl/N-ethyl adjacent to an activating group) is 1. The normalized spacial score (nSPS) is 19.7. The highest BCUT2D eigenvalue weighted by molar-refractivity contribution is 7.11. The van der Waals surface area contributed by atoms with Crippen LogP contribution >= 0.6 is 11.3 Å². The summed E-state index contributed by atoms with van der Waals surface area (Å²) in [5.41, 5.74) is 0. The van der Waals surface area contributed by atoms with Crippen molar-refractivity contribution in [3.05, 3.63) is 21.9 Å². The molecule has 2 rings (SSSR count). The van der Waals surface area contributed by atoms with Crippen LogP contribution in [0, 0.1) is 6.92 Å². The Hall–Kier alpha value is -0.910. The van der Waals surface area contributed by atoms with E-state index in [2.05, 4.69) is 31.0 Å². The van der Waals surface area contributed by atoms with Gasteiger partial charge in [0.15, 0.2) is 0 Å². The molecule has 0 saturated carbocycles. The zero-order valence-corrected chi connectivity index (χ0v) is 14.1.